The maximum atomic E-state index is 12.1. The average molecular weight is 393 g/mol. The molecule has 1 aromatic carbocycles. The summed E-state index contributed by atoms with van der Waals surface area (Å²) in [5, 5.41) is 2.87. The molecular formula is C19H28N4O3S. The Morgan fingerprint density at radius 2 is 2.00 bits per heavy atom. The zero-order valence-corrected chi connectivity index (χ0v) is 17.0. The molecule has 8 heteroatoms. The number of hydrogen-bond donors (Lipinski definition) is 1. The molecule has 7 nitrogen and oxygen atoms in total. The number of imidazole rings is 1. The lowest BCUT2D eigenvalue weighted by Gasteiger charge is -2.23. The van der Waals surface area contributed by atoms with E-state index in [4.69, 9.17) is 0 Å². The van der Waals surface area contributed by atoms with Crippen molar-refractivity contribution in [3.8, 4) is 0 Å². The Bertz CT molecular complexity index is 848. The fraction of sp³-hybridized carbons (Fsp3) is 0.474. The van der Waals surface area contributed by atoms with Crippen LogP contribution in [0.25, 0.3) is 0 Å². The molecule has 148 valence electrons. The van der Waals surface area contributed by atoms with Crippen LogP contribution < -0.4 is 9.62 Å². The van der Waals surface area contributed by atoms with E-state index in [9.17, 15) is 13.2 Å². The number of nitrogens with zero attached hydrogens (tertiary/aromatic N) is 3. The predicted molar refractivity (Wildman–Crippen MR) is 107 cm³/mol. The van der Waals surface area contributed by atoms with Crippen molar-refractivity contribution in [2.24, 2.45) is 0 Å². The van der Waals surface area contributed by atoms with Crippen LogP contribution in [0.5, 0.6) is 0 Å². The number of aromatic nitrogens is 2. The Morgan fingerprint density at radius 1 is 1.22 bits per heavy atom. The van der Waals surface area contributed by atoms with Gasteiger partial charge in [-0.15, -0.1) is 0 Å². The molecule has 1 heterocycles. The van der Waals surface area contributed by atoms with Gasteiger partial charge in [-0.2, -0.15) is 0 Å². The summed E-state index contributed by atoms with van der Waals surface area (Å²) < 4.78 is 27.6. The van der Waals surface area contributed by atoms with E-state index in [1.807, 2.05) is 36.7 Å². The summed E-state index contributed by atoms with van der Waals surface area (Å²) in [7, 11) is -3.40. The van der Waals surface area contributed by atoms with Gasteiger partial charge in [-0.1, -0.05) is 6.07 Å². The third kappa shape index (κ3) is 6.71. The van der Waals surface area contributed by atoms with E-state index < -0.39 is 10.0 Å². The fourth-order valence-corrected chi connectivity index (χ4v) is 3.70. The molecule has 27 heavy (non-hydrogen) atoms. The quantitative estimate of drug-likeness (QED) is 0.629. The van der Waals surface area contributed by atoms with Crippen molar-refractivity contribution in [1.82, 2.24) is 14.9 Å². The van der Waals surface area contributed by atoms with Gasteiger partial charge in [0.1, 0.15) is 0 Å². The molecule has 0 bridgehead atoms. The van der Waals surface area contributed by atoms with Crippen molar-refractivity contribution in [3.05, 3.63) is 48.0 Å². The van der Waals surface area contributed by atoms with Crippen LogP contribution in [0.4, 0.5) is 5.69 Å². The summed E-state index contributed by atoms with van der Waals surface area (Å²) in [6.07, 6.45) is 8.12. The van der Waals surface area contributed by atoms with Gasteiger partial charge >= 0.3 is 0 Å². The normalized spacial score (nSPS) is 11.4. The highest BCUT2D eigenvalue weighted by atomic mass is 32.2. The van der Waals surface area contributed by atoms with Gasteiger partial charge in [0.15, 0.2) is 0 Å². The van der Waals surface area contributed by atoms with Gasteiger partial charge < -0.3 is 9.88 Å². The van der Waals surface area contributed by atoms with E-state index in [0.717, 1.165) is 24.1 Å². The van der Waals surface area contributed by atoms with Crippen molar-refractivity contribution >= 4 is 21.6 Å². The number of carbonyl (C=O) groups is 1. The van der Waals surface area contributed by atoms with Gasteiger partial charge in [0.05, 0.1) is 18.3 Å². The smallest absolute Gasteiger partial charge is 0.232 e. The van der Waals surface area contributed by atoms with Crippen LogP contribution in [0.1, 0.15) is 30.4 Å². The zero-order chi connectivity index (χ0) is 19.9. The molecule has 0 radical (unpaired) electrons. The maximum absolute atomic E-state index is 12.1. The van der Waals surface area contributed by atoms with E-state index in [2.05, 4.69) is 10.3 Å². The lowest BCUT2D eigenvalue weighted by atomic mass is 10.1. The predicted octanol–water partition coefficient (Wildman–Crippen LogP) is 2.25. The topological polar surface area (TPSA) is 84.3 Å². The number of amides is 1. The number of nitrogens with one attached hydrogen (secondary N) is 1. The Hall–Kier alpha value is -2.35. The Labute approximate surface area is 161 Å². The summed E-state index contributed by atoms with van der Waals surface area (Å²) in [5.74, 6) is -0.0610. The molecule has 1 aromatic heterocycles. The van der Waals surface area contributed by atoms with Crippen molar-refractivity contribution in [2.75, 3.05) is 23.7 Å². The largest absolute Gasteiger partial charge is 0.356 e. The Morgan fingerprint density at radius 3 is 2.63 bits per heavy atom. The second kappa shape index (κ2) is 9.55. The number of benzene rings is 1. The highest BCUT2D eigenvalue weighted by Gasteiger charge is 2.18. The standard InChI is InChI=1S/C19H28N4O3S/c1-16-7-8-18(14-17(16)2)23(27(3,25)26)12-4-6-19(24)21-9-5-11-22-13-10-20-15-22/h7-8,10,13-15H,4-6,9,11-12H2,1-3H3,(H,21,24). The van der Waals surface area contributed by atoms with Gasteiger partial charge in [-0.25, -0.2) is 13.4 Å². The molecule has 0 aliphatic heterocycles. The van der Waals surface area contributed by atoms with Gasteiger partial charge in [0.25, 0.3) is 0 Å². The first kappa shape index (κ1) is 21.0. The van der Waals surface area contributed by atoms with Crippen molar-refractivity contribution in [1.29, 1.82) is 0 Å². The third-order valence-electron chi connectivity index (χ3n) is 4.42. The van der Waals surface area contributed by atoms with E-state index in [1.165, 1.54) is 10.6 Å². The highest BCUT2D eigenvalue weighted by molar-refractivity contribution is 7.92. The molecule has 1 amide bonds. The molecule has 2 aromatic rings. The minimum Gasteiger partial charge on any atom is -0.356 e. The molecule has 0 aliphatic carbocycles. The third-order valence-corrected chi connectivity index (χ3v) is 5.61. The Balaban J connectivity index is 1.79. The number of hydrogen-bond acceptors (Lipinski definition) is 4. The molecule has 0 saturated heterocycles. The van der Waals surface area contributed by atoms with Gasteiger partial charge in [-0.05, 0) is 49.9 Å². The molecule has 0 atom stereocenters. The van der Waals surface area contributed by atoms with Crippen LogP contribution in [0, 0.1) is 13.8 Å². The second-order valence-corrected chi connectivity index (χ2v) is 8.62. The van der Waals surface area contributed by atoms with E-state index in [0.29, 0.717) is 25.1 Å². The minimum absolute atomic E-state index is 0.0610. The van der Waals surface area contributed by atoms with E-state index >= 15 is 0 Å². The Kier molecular flexibility index (Phi) is 7.41. The van der Waals surface area contributed by atoms with Crippen LogP contribution in [0.15, 0.2) is 36.9 Å². The highest BCUT2D eigenvalue weighted by Crippen LogP contribution is 2.21. The molecule has 1 N–H and O–H groups in total. The van der Waals surface area contributed by atoms with Crippen LogP contribution in [-0.2, 0) is 21.4 Å². The molecule has 0 saturated carbocycles. The van der Waals surface area contributed by atoms with E-state index in [1.54, 1.807) is 18.6 Å². The van der Waals surface area contributed by atoms with Crippen LogP contribution in [0.2, 0.25) is 0 Å². The number of carbonyl (C=O) groups excluding carboxylic acids is 1. The second-order valence-electron chi connectivity index (χ2n) is 6.71. The van der Waals surface area contributed by atoms with Crippen LogP contribution >= 0.6 is 0 Å². The average Bonchev–Trinajstić information content (AvgIpc) is 3.11. The minimum atomic E-state index is -3.40. The first-order valence-electron chi connectivity index (χ1n) is 9.05. The van der Waals surface area contributed by atoms with Crippen molar-refractivity contribution in [2.45, 2.75) is 39.7 Å². The SMILES string of the molecule is Cc1ccc(N(CCCC(=O)NCCCn2ccnc2)S(C)(=O)=O)cc1C. The molecule has 2 rings (SSSR count). The van der Waals surface area contributed by atoms with Gasteiger partial charge in [-0.3, -0.25) is 9.10 Å². The molecule has 0 spiro atoms. The van der Waals surface area contributed by atoms with Crippen molar-refractivity contribution in [3.63, 3.8) is 0 Å². The first-order valence-corrected chi connectivity index (χ1v) is 10.9. The van der Waals surface area contributed by atoms with Crippen molar-refractivity contribution < 1.29 is 13.2 Å². The molecule has 0 aliphatic rings. The number of aryl methyl sites for hydroxylation is 3. The van der Waals surface area contributed by atoms with Gasteiger partial charge in [0, 0.05) is 38.4 Å². The number of anilines is 1. The summed E-state index contributed by atoms with van der Waals surface area (Å²) in [6.45, 7) is 5.61. The summed E-state index contributed by atoms with van der Waals surface area (Å²) >= 11 is 0. The molecule has 0 unspecified atom stereocenters. The summed E-state index contributed by atoms with van der Waals surface area (Å²) in [5.41, 5.74) is 2.79. The zero-order valence-electron chi connectivity index (χ0n) is 16.2. The van der Waals surface area contributed by atoms with Crippen LogP contribution in [0.3, 0.4) is 0 Å². The molecular weight excluding hydrogens is 364 g/mol. The summed E-state index contributed by atoms with van der Waals surface area (Å²) in [6, 6.07) is 5.59. The maximum Gasteiger partial charge on any atom is 0.232 e. The lowest BCUT2D eigenvalue weighted by Crippen LogP contribution is -2.32. The summed E-state index contributed by atoms with van der Waals surface area (Å²) in [4.78, 5) is 15.9. The van der Waals surface area contributed by atoms with Crippen LogP contribution in [-0.4, -0.2) is 43.2 Å². The molecule has 0 fully saturated rings. The monoisotopic (exact) mass is 392 g/mol. The fourth-order valence-electron chi connectivity index (χ4n) is 2.75. The van der Waals surface area contributed by atoms with E-state index in [-0.39, 0.29) is 12.5 Å². The number of sulfonamides is 1. The van der Waals surface area contributed by atoms with Gasteiger partial charge in [0.2, 0.25) is 15.9 Å². The number of rotatable bonds is 10. The first-order chi connectivity index (χ1) is 12.8. The lowest BCUT2D eigenvalue weighted by molar-refractivity contribution is -0.121.